The minimum Gasteiger partial charge on any atom is -0.495 e. The van der Waals surface area contributed by atoms with E-state index in [2.05, 4.69) is 42.2 Å². The quantitative estimate of drug-likeness (QED) is 0.587. The van der Waals surface area contributed by atoms with Gasteiger partial charge in [-0.25, -0.2) is 4.98 Å². The number of nitrogens with zero attached hydrogens (tertiary/aromatic N) is 1. The van der Waals surface area contributed by atoms with E-state index in [1.165, 1.54) is 0 Å². The van der Waals surface area contributed by atoms with Crippen molar-refractivity contribution in [2.75, 3.05) is 12.4 Å². The maximum Gasteiger partial charge on any atom is 0.260 e. The molecule has 0 unspecified atom stereocenters. The number of aromatic nitrogens is 1. The molecule has 1 amide bonds. The fourth-order valence-corrected chi connectivity index (χ4v) is 3.41. The Morgan fingerprint density at radius 1 is 1.17 bits per heavy atom. The number of carbonyl (C=O) groups excluding carboxylic acids is 1. The highest BCUT2D eigenvalue weighted by Gasteiger charge is 2.18. The van der Waals surface area contributed by atoms with E-state index in [1.54, 1.807) is 13.2 Å². The molecule has 0 aliphatic rings. The molecule has 0 radical (unpaired) electrons. The molecule has 0 bridgehead atoms. The summed E-state index contributed by atoms with van der Waals surface area (Å²) in [4.78, 5) is 17.1. The third-order valence-electron chi connectivity index (χ3n) is 3.65. The molecule has 3 aromatic rings. The largest absolute Gasteiger partial charge is 0.495 e. The Labute approximate surface area is 156 Å². The predicted octanol–water partition coefficient (Wildman–Crippen LogP) is 5.33. The van der Waals surface area contributed by atoms with Gasteiger partial charge in [0.25, 0.3) is 5.91 Å². The summed E-state index contributed by atoms with van der Waals surface area (Å²) >= 11 is 6.94. The number of anilines is 1. The molecular weight excluding hydrogens is 436 g/mol. The lowest BCUT2D eigenvalue weighted by Crippen LogP contribution is -2.14. The molecule has 1 heterocycles. The summed E-state index contributed by atoms with van der Waals surface area (Å²) in [5, 5.41) is 4.76. The van der Waals surface area contributed by atoms with E-state index in [4.69, 9.17) is 4.74 Å². The minimum absolute atomic E-state index is 0.271. The zero-order valence-electron chi connectivity index (χ0n) is 13.1. The molecule has 0 aliphatic carbocycles. The van der Waals surface area contributed by atoms with Gasteiger partial charge >= 0.3 is 0 Å². The van der Waals surface area contributed by atoms with Crippen molar-refractivity contribution in [1.29, 1.82) is 0 Å². The van der Waals surface area contributed by atoms with E-state index >= 15 is 0 Å². The van der Waals surface area contributed by atoms with E-state index in [1.807, 2.05) is 43.3 Å². The van der Waals surface area contributed by atoms with Crippen LogP contribution in [-0.2, 0) is 0 Å². The summed E-state index contributed by atoms with van der Waals surface area (Å²) in [7, 11) is 1.55. The Bertz CT molecular complexity index is 942. The highest BCUT2D eigenvalue weighted by molar-refractivity contribution is 9.11. The third kappa shape index (κ3) is 3.16. The first-order chi connectivity index (χ1) is 11.5. The van der Waals surface area contributed by atoms with Gasteiger partial charge < -0.3 is 10.1 Å². The molecule has 1 N–H and O–H groups in total. The van der Waals surface area contributed by atoms with Crippen LogP contribution in [0.5, 0.6) is 5.75 Å². The number of rotatable bonds is 3. The van der Waals surface area contributed by atoms with Crippen molar-refractivity contribution in [2.24, 2.45) is 0 Å². The molecule has 6 heteroatoms. The lowest BCUT2D eigenvalue weighted by molar-refractivity contribution is 0.102. The van der Waals surface area contributed by atoms with Crippen LogP contribution >= 0.6 is 31.9 Å². The van der Waals surface area contributed by atoms with Crippen LogP contribution in [0.15, 0.2) is 51.4 Å². The molecule has 4 nitrogen and oxygen atoms in total. The van der Waals surface area contributed by atoms with Gasteiger partial charge in [-0.2, -0.15) is 0 Å². The molecule has 1 aromatic heterocycles. The number of methoxy groups -OCH3 is 1. The summed E-state index contributed by atoms with van der Waals surface area (Å²) in [5.74, 6) is 0.722. The van der Waals surface area contributed by atoms with Crippen LogP contribution < -0.4 is 10.1 Å². The Morgan fingerprint density at radius 3 is 2.62 bits per heavy atom. The van der Waals surface area contributed by atoms with Gasteiger partial charge in [0.05, 0.1) is 22.8 Å². The summed E-state index contributed by atoms with van der Waals surface area (Å²) < 4.78 is 7.10. The van der Waals surface area contributed by atoms with Gasteiger partial charge in [0.2, 0.25) is 0 Å². The van der Waals surface area contributed by atoms with Crippen molar-refractivity contribution in [3.8, 4) is 5.75 Å². The molecule has 2 aromatic carbocycles. The number of nitrogens with one attached hydrogen (secondary N) is 1. The second-order valence-electron chi connectivity index (χ2n) is 5.21. The van der Waals surface area contributed by atoms with Crippen molar-refractivity contribution in [3.05, 3.63) is 62.7 Å². The van der Waals surface area contributed by atoms with Crippen molar-refractivity contribution in [3.63, 3.8) is 0 Å². The van der Waals surface area contributed by atoms with Crippen LogP contribution in [0.3, 0.4) is 0 Å². The number of amides is 1. The second kappa shape index (κ2) is 6.91. The number of hydrogen-bond donors (Lipinski definition) is 1. The molecular formula is C18H14Br2N2O2. The lowest BCUT2D eigenvalue weighted by atomic mass is 10.1. The summed E-state index contributed by atoms with van der Waals surface area (Å²) in [6.07, 6.45) is 0. The summed E-state index contributed by atoms with van der Waals surface area (Å²) in [6, 6.07) is 13.2. The van der Waals surface area contributed by atoms with Crippen LogP contribution in [0.1, 0.15) is 16.1 Å². The van der Waals surface area contributed by atoms with Gasteiger partial charge in [-0.05, 0) is 67.8 Å². The highest BCUT2D eigenvalue weighted by Crippen LogP contribution is 2.36. The van der Waals surface area contributed by atoms with Crippen molar-refractivity contribution >= 4 is 54.4 Å². The normalized spacial score (nSPS) is 10.7. The first-order valence-corrected chi connectivity index (χ1v) is 8.79. The third-order valence-corrected chi connectivity index (χ3v) is 5.28. The molecule has 0 atom stereocenters. The SMILES string of the molecule is COc1c(C(=O)Nc2ccc(Br)c(C)n2)cc2ccccc2c1Br. The topological polar surface area (TPSA) is 51.2 Å². The maximum absolute atomic E-state index is 12.7. The molecule has 0 fully saturated rings. The van der Waals surface area contributed by atoms with E-state index in [-0.39, 0.29) is 5.91 Å². The molecule has 0 aliphatic heterocycles. The van der Waals surface area contributed by atoms with Crippen molar-refractivity contribution in [2.45, 2.75) is 6.92 Å². The summed E-state index contributed by atoms with van der Waals surface area (Å²) in [5.41, 5.74) is 1.25. The smallest absolute Gasteiger partial charge is 0.260 e. The number of hydrogen-bond acceptors (Lipinski definition) is 3. The van der Waals surface area contributed by atoms with Gasteiger partial charge in [0.1, 0.15) is 11.6 Å². The Hall–Kier alpha value is -1.92. The highest BCUT2D eigenvalue weighted by atomic mass is 79.9. The average Bonchev–Trinajstić information content (AvgIpc) is 2.58. The predicted molar refractivity (Wildman–Crippen MR) is 103 cm³/mol. The van der Waals surface area contributed by atoms with Gasteiger partial charge in [-0.1, -0.05) is 24.3 Å². The Balaban J connectivity index is 2.04. The van der Waals surface area contributed by atoms with Crippen molar-refractivity contribution in [1.82, 2.24) is 4.98 Å². The number of fused-ring (bicyclic) bond motifs is 1. The maximum atomic E-state index is 12.7. The van der Waals surface area contributed by atoms with Gasteiger partial charge in [-0.15, -0.1) is 0 Å². The van der Waals surface area contributed by atoms with Crippen LogP contribution in [0.4, 0.5) is 5.82 Å². The standard InChI is InChI=1S/C18H14Br2N2O2/c1-10-14(19)7-8-15(21-10)22-18(23)13-9-11-5-3-4-6-12(11)16(20)17(13)24-2/h3-9H,1-2H3,(H,21,22,23). The van der Waals surface area contributed by atoms with E-state index in [0.29, 0.717) is 17.1 Å². The van der Waals surface area contributed by atoms with Crippen molar-refractivity contribution < 1.29 is 9.53 Å². The zero-order chi connectivity index (χ0) is 17.3. The number of pyridine rings is 1. The van der Waals surface area contributed by atoms with E-state index in [0.717, 1.165) is 25.4 Å². The average molecular weight is 450 g/mol. The minimum atomic E-state index is -0.271. The first kappa shape index (κ1) is 16.9. The van der Waals surface area contributed by atoms with Crippen LogP contribution in [0.25, 0.3) is 10.8 Å². The Morgan fingerprint density at radius 2 is 1.92 bits per heavy atom. The molecule has 0 saturated heterocycles. The number of aryl methyl sites for hydroxylation is 1. The van der Waals surface area contributed by atoms with Gasteiger partial charge in [0, 0.05) is 4.47 Å². The molecule has 122 valence electrons. The van der Waals surface area contributed by atoms with Crippen LogP contribution in [0, 0.1) is 6.92 Å². The molecule has 3 rings (SSSR count). The monoisotopic (exact) mass is 448 g/mol. The fraction of sp³-hybridized carbons (Fsp3) is 0.111. The van der Waals surface area contributed by atoms with Crippen LogP contribution in [-0.4, -0.2) is 18.0 Å². The fourth-order valence-electron chi connectivity index (χ4n) is 2.45. The first-order valence-electron chi connectivity index (χ1n) is 7.21. The number of halogens is 2. The summed E-state index contributed by atoms with van der Waals surface area (Å²) in [6.45, 7) is 1.87. The zero-order valence-corrected chi connectivity index (χ0v) is 16.2. The second-order valence-corrected chi connectivity index (χ2v) is 6.86. The van der Waals surface area contributed by atoms with Crippen LogP contribution in [0.2, 0.25) is 0 Å². The number of ether oxygens (including phenoxy) is 1. The molecule has 0 saturated carbocycles. The van der Waals surface area contributed by atoms with Gasteiger partial charge in [-0.3, -0.25) is 4.79 Å². The molecule has 24 heavy (non-hydrogen) atoms. The van der Waals surface area contributed by atoms with E-state index < -0.39 is 0 Å². The van der Waals surface area contributed by atoms with E-state index in [9.17, 15) is 4.79 Å². The number of benzene rings is 2. The molecule has 0 spiro atoms. The Kier molecular flexibility index (Phi) is 4.87. The van der Waals surface area contributed by atoms with Gasteiger partial charge in [0.15, 0.2) is 0 Å². The number of carbonyl (C=O) groups is 1. The lowest BCUT2D eigenvalue weighted by Gasteiger charge is -2.13.